The summed E-state index contributed by atoms with van der Waals surface area (Å²) < 4.78 is 0. The third-order valence-corrected chi connectivity index (χ3v) is 5.94. The second-order valence-corrected chi connectivity index (χ2v) is 8.01. The molecule has 0 amide bonds. The summed E-state index contributed by atoms with van der Waals surface area (Å²) in [5, 5.41) is 23.2. The van der Waals surface area contributed by atoms with Crippen LogP contribution in [0.3, 0.4) is 0 Å². The quantitative estimate of drug-likeness (QED) is 0.383. The van der Waals surface area contributed by atoms with Crippen molar-refractivity contribution in [2.75, 3.05) is 31.1 Å². The number of nitro groups is 2. The monoisotopic (exact) mass is 452 g/mol. The van der Waals surface area contributed by atoms with Crippen LogP contribution in [0.25, 0.3) is 0 Å². The fourth-order valence-corrected chi connectivity index (χ4v) is 4.28. The number of hydrogen-bond donors (Lipinski definition) is 0. The van der Waals surface area contributed by atoms with Gasteiger partial charge in [-0.3, -0.25) is 25.1 Å². The van der Waals surface area contributed by atoms with Gasteiger partial charge in [-0.15, -0.1) is 0 Å². The van der Waals surface area contributed by atoms with E-state index in [1.165, 1.54) is 12.1 Å². The average Bonchev–Trinajstić information content (AvgIpc) is 2.81. The number of non-ortho nitro benzene ring substituents is 1. The molecule has 1 aliphatic heterocycles. The van der Waals surface area contributed by atoms with Crippen molar-refractivity contribution >= 4 is 28.7 Å². The average molecular weight is 453 g/mol. The summed E-state index contributed by atoms with van der Waals surface area (Å²) in [5.74, 6) is 0. The van der Waals surface area contributed by atoms with Crippen LogP contribution in [0.1, 0.15) is 17.2 Å². The van der Waals surface area contributed by atoms with Crippen molar-refractivity contribution in [3.8, 4) is 0 Å². The molecule has 1 fully saturated rings. The number of halogens is 1. The normalized spacial score (nSPS) is 15.3. The summed E-state index contributed by atoms with van der Waals surface area (Å²) in [6, 6.07) is 21.8. The van der Waals surface area contributed by atoms with E-state index in [1.54, 1.807) is 0 Å². The van der Waals surface area contributed by atoms with Gasteiger partial charge in [-0.2, -0.15) is 0 Å². The fraction of sp³-hybridized carbons (Fsp3) is 0.217. The van der Waals surface area contributed by atoms with Crippen LogP contribution in [0, 0.1) is 20.2 Å². The molecule has 0 aromatic heterocycles. The molecule has 3 aromatic rings. The number of hydrogen-bond acceptors (Lipinski definition) is 6. The second-order valence-electron chi connectivity index (χ2n) is 7.58. The molecule has 1 unspecified atom stereocenters. The predicted molar refractivity (Wildman–Crippen MR) is 123 cm³/mol. The molecule has 1 aliphatic rings. The topological polar surface area (TPSA) is 92.8 Å². The number of anilines is 1. The lowest BCUT2D eigenvalue weighted by Crippen LogP contribution is -2.48. The highest BCUT2D eigenvalue weighted by atomic mass is 35.5. The summed E-state index contributed by atoms with van der Waals surface area (Å²) >= 11 is 6.09. The van der Waals surface area contributed by atoms with Gasteiger partial charge in [-0.25, -0.2) is 0 Å². The van der Waals surface area contributed by atoms with Crippen LogP contribution in [0.15, 0.2) is 72.8 Å². The molecular weight excluding hydrogens is 432 g/mol. The molecule has 0 spiro atoms. The van der Waals surface area contributed by atoms with Gasteiger partial charge in [0.2, 0.25) is 0 Å². The van der Waals surface area contributed by atoms with Crippen LogP contribution in [-0.4, -0.2) is 40.9 Å². The first-order chi connectivity index (χ1) is 15.4. The Morgan fingerprint density at radius 3 is 2.00 bits per heavy atom. The van der Waals surface area contributed by atoms with Crippen LogP contribution in [0.4, 0.5) is 17.1 Å². The van der Waals surface area contributed by atoms with Crippen LogP contribution in [0.2, 0.25) is 5.02 Å². The van der Waals surface area contributed by atoms with Crippen molar-refractivity contribution in [2.45, 2.75) is 6.04 Å². The van der Waals surface area contributed by atoms with Crippen LogP contribution < -0.4 is 4.90 Å². The molecule has 1 saturated heterocycles. The van der Waals surface area contributed by atoms with E-state index in [1.807, 2.05) is 47.4 Å². The maximum Gasteiger partial charge on any atom is 0.299 e. The summed E-state index contributed by atoms with van der Waals surface area (Å²) in [7, 11) is 0. The molecule has 164 valence electrons. The molecule has 8 nitrogen and oxygen atoms in total. The Bertz CT molecular complexity index is 1120. The third kappa shape index (κ3) is 4.56. The Kier molecular flexibility index (Phi) is 6.34. The zero-order valence-corrected chi connectivity index (χ0v) is 17.9. The maximum absolute atomic E-state index is 11.5. The zero-order chi connectivity index (χ0) is 22.7. The summed E-state index contributed by atoms with van der Waals surface area (Å²) in [5.41, 5.74) is 2.15. The Balaban J connectivity index is 1.58. The van der Waals surface area contributed by atoms with E-state index in [0.717, 1.165) is 17.2 Å². The molecule has 0 aliphatic carbocycles. The molecule has 3 aromatic carbocycles. The zero-order valence-electron chi connectivity index (χ0n) is 17.1. The Morgan fingerprint density at radius 2 is 1.41 bits per heavy atom. The van der Waals surface area contributed by atoms with Gasteiger partial charge in [0.15, 0.2) is 0 Å². The molecule has 0 radical (unpaired) electrons. The van der Waals surface area contributed by atoms with Gasteiger partial charge in [-0.05, 0) is 29.3 Å². The SMILES string of the molecule is O=[N+]([O-])c1ccc(N2CCN(C(c3ccccc3)c3ccc(Cl)cc3)CC2)c([N+](=O)[O-])c1. The maximum atomic E-state index is 11.5. The highest BCUT2D eigenvalue weighted by molar-refractivity contribution is 6.30. The molecule has 0 saturated carbocycles. The van der Waals surface area contributed by atoms with Crippen molar-refractivity contribution in [3.63, 3.8) is 0 Å². The van der Waals surface area contributed by atoms with Crippen molar-refractivity contribution in [1.82, 2.24) is 4.90 Å². The summed E-state index contributed by atoms with van der Waals surface area (Å²) in [6.07, 6.45) is 0. The first-order valence-corrected chi connectivity index (χ1v) is 10.5. The minimum atomic E-state index is -0.620. The van der Waals surface area contributed by atoms with E-state index in [-0.39, 0.29) is 17.4 Å². The first kappa shape index (κ1) is 21.7. The number of rotatable bonds is 6. The number of benzene rings is 3. The third-order valence-electron chi connectivity index (χ3n) is 5.69. The predicted octanol–water partition coefficient (Wildman–Crippen LogP) is 5.07. The van der Waals surface area contributed by atoms with Crippen LogP contribution >= 0.6 is 11.6 Å². The summed E-state index contributed by atoms with van der Waals surface area (Å²) in [4.78, 5) is 25.6. The van der Waals surface area contributed by atoms with Crippen LogP contribution in [-0.2, 0) is 0 Å². The summed E-state index contributed by atoms with van der Waals surface area (Å²) in [6.45, 7) is 2.48. The molecule has 0 bridgehead atoms. The minimum Gasteiger partial charge on any atom is -0.363 e. The first-order valence-electron chi connectivity index (χ1n) is 10.2. The molecule has 1 atom stereocenters. The lowest BCUT2D eigenvalue weighted by atomic mass is 9.96. The van der Waals surface area contributed by atoms with Gasteiger partial charge in [0.05, 0.1) is 22.0 Å². The van der Waals surface area contributed by atoms with Gasteiger partial charge >= 0.3 is 0 Å². The van der Waals surface area contributed by atoms with Crippen molar-refractivity contribution in [2.24, 2.45) is 0 Å². The van der Waals surface area contributed by atoms with E-state index in [2.05, 4.69) is 17.0 Å². The van der Waals surface area contributed by atoms with E-state index >= 15 is 0 Å². The Morgan fingerprint density at radius 1 is 0.781 bits per heavy atom. The van der Waals surface area contributed by atoms with Crippen molar-refractivity contribution in [1.29, 1.82) is 0 Å². The van der Waals surface area contributed by atoms with Crippen molar-refractivity contribution in [3.05, 3.63) is 109 Å². The van der Waals surface area contributed by atoms with E-state index < -0.39 is 9.85 Å². The molecule has 0 N–H and O–H groups in total. The largest absolute Gasteiger partial charge is 0.363 e. The molecular formula is C23H21ClN4O4. The standard InChI is InChI=1S/C23H21ClN4O4/c24-19-8-6-18(7-9-19)23(17-4-2-1-3-5-17)26-14-12-25(13-15-26)21-11-10-20(27(29)30)16-22(21)28(31)32/h1-11,16,23H,12-15H2. The molecule has 9 heteroatoms. The fourth-order valence-electron chi connectivity index (χ4n) is 4.15. The number of piperazine rings is 1. The van der Waals surface area contributed by atoms with Gasteiger partial charge in [0, 0.05) is 37.3 Å². The molecule has 32 heavy (non-hydrogen) atoms. The smallest absolute Gasteiger partial charge is 0.299 e. The highest BCUT2D eigenvalue weighted by Crippen LogP contribution is 2.35. The molecule has 1 heterocycles. The second kappa shape index (κ2) is 9.33. The van der Waals surface area contributed by atoms with E-state index in [9.17, 15) is 20.2 Å². The van der Waals surface area contributed by atoms with Crippen molar-refractivity contribution < 1.29 is 9.85 Å². The molecule has 4 rings (SSSR count). The highest BCUT2D eigenvalue weighted by Gasteiger charge is 2.30. The van der Waals surface area contributed by atoms with Gasteiger partial charge < -0.3 is 4.90 Å². The lowest BCUT2D eigenvalue weighted by molar-refractivity contribution is -0.393. The lowest BCUT2D eigenvalue weighted by Gasteiger charge is -2.40. The van der Waals surface area contributed by atoms with Gasteiger partial charge in [0.25, 0.3) is 11.4 Å². The Labute approximate surface area is 189 Å². The number of nitrogens with zero attached hydrogens (tertiary/aromatic N) is 4. The van der Waals surface area contributed by atoms with E-state index in [0.29, 0.717) is 36.9 Å². The minimum absolute atomic E-state index is 0.0301. The Hall–Kier alpha value is -3.49. The van der Waals surface area contributed by atoms with Gasteiger partial charge in [-0.1, -0.05) is 54.1 Å². The van der Waals surface area contributed by atoms with Gasteiger partial charge in [0.1, 0.15) is 5.69 Å². The van der Waals surface area contributed by atoms with E-state index in [4.69, 9.17) is 11.6 Å². The van der Waals surface area contributed by atoms with Crippen LogP contribution in [0.5, 0.6) is 0 Å². The number of nitro benzene ring substituents is 2.